The molecule has 2 nitrogen and oxygen atoms in total. The fourth-order valence-corrected chi connectivity index (χ4v) is 1.75. The average molecular weight is 273 g/mol. The van der Waals surface area contributed by atoms with E-state index in [1.54, 1.807) is 6.92 Å². The van der Waals surface area contributed by atoms with E-state index >= 15 is 0 Å². The second-order valence-electron chi connectivity index (χ2n) is 2.67. The predicted molar refractivity (Wildman–Crippen MR) is 56.0 cm³/mol. The maximum absolute atomic E-state index is 11.9. The third-order valence-electron chi connectivity index (χ3n) is 1.53. The lowest BCUT2D eigenvalue weighted by atomic mass is 10.3. The second kappa shape index (κ2) is 5.54. The standard InChI is InChI=1S/C9H8ClF3O2S/c1-2-14-7-4-3-6(5-8(7)16-10)15-9(11,12)13/h3-5H,2H2,1H3. The van der Waals surface area contributed by atoms with Gasteiger partial charge in [0.25, 0.3) is 0 Å². The van der Waals surface area contributed by atoms with Gasteiger partial charge in [-0.3, -0.25) is 0 Å². The van der Waals surface area contributed by atoms with Crippen molar-refractivity contribution in [3.05, 3.63) is 18.2 Å². The Labute approximate surface area is 99.2 Å². The van der Waals surface area contributed by atoms with E-state index in [9.17, 15) is 13.2 Å². The molecular weight excluding hydrogens is 265 g/mol. The predicted octanol–water partition coefficient (Wildman–Crippen LogP) is 4.23. The lowest BCUT2D eigenvalue weighted by Gasteiger charge is -2.12. The van der Waals surface area contributed by atoms with Crippen molar-refractivity contribution in [2.24, 2.45) is 0 Å². The van der Waals surface area contributed by atoms with Crippen molar-refractivity contribution in [2.75, 3.05) is 6.61 Å². The summed E-state index contributed by atoms with van der Waals surface area (Å²) in [5, 5.41) is 0. The zero-order valence-electron chi connectivity index (χ0n) is 8.18. The lowest BCUT2D eigenvalue weighted by Crippen LogP contribution is -2.17. The lowest BCUT2D eigenvalue weighted by molar-refractivity contribution is -0.274. The number of benzene rings is 1. The number of hydrogen-bond acceptors (Lipinski definition) is 3. The fourth-order valence-electron chi connectivity index (χ4n) is 1.02. The molecule has 0 saturated heterocycles. The van der Waals surface area contributed by atoms with Gasteiger partial charge < -0.3 is 9.47 Å². The van der Waals surface area contributed by atoms with E-state index in [2.05, 4.69) is 4.74 Å². The summed E-state index contributed by atoms with van der Waals surface area (Å²) in [6, 6.07) is 3.74. The summed E-state index contributed by atoms with van der Waals surface area (Å²) >= 11 is 0. The summed E-state index contributed by atoms with van der Waals surface area (Å²) in [4.78, 5) is 0.380. The van der Waals surface area contributed by atoms with Gasteiger partial charge in [-0.25, -0.2) is 0 Å². The average Bonchev–Trinajstić information content (AvgIpc) is 2.18. The van der Waals surface area contributed by atoms with Crippen LogP contribution in [0, 0.1) is 0 Å². The van der Waals surface area contributed by atoms with Gasteiger partial charge in [0, 0.05) is 0 Å². The Morgan fingerprint density at radius 1 is 1.38 bits per heavy atom. The van der Waals surface area contributed by atoms with Gasteiger partial charge in [-0.15, -0.1) is 13.2 Å². The highest BCUT2D eigenvalue weighted by Crippen LogP contribution is 2.36. The minimum Gasteiger partial charge on any atom is -0.493 e. The van der Waals surface area contributed by atoms with Crippen molar-refractivity contribution >= 4 is 21.7 Å². The van der Waals surface area contributed by atoms with Gasteiger partial charge in [-0.2, -0.15) is 0 Å². The smallest absolute Gasteiger partial charge is 0.493 e. The number of alkyl halides is 3. The summed E-state index contributed by atoms with van der Waals surface area (Å²) < 4.78 is 44.7. The summed E-state index contributed by atoms with van der Waals surface area (Å²) in [6.07, 6.45) is -4.71. The molecule has 1 aromatic carbocycles. The maximum Gasteiger partial charge on any atom is 0.573 e. The summed E-state index contributed by atoms with van der Waals surface area (Å²) in [5.74, 6) is 0.108. The van der Waals surface area contributed by atoms with Gasteiger partial charge in [0.1, 0.15) is 11.5 Å². The molecule has 0 N–H and O–H groups in total. The Balaban J connectivity index is 2.90. The molecule has 0 atom stereocenters. The van der Waals surface area contributed by atoms with Crippen LogP contribution >= 0.6 is 21.7 Å². The van der Waals surface area contributed by atoms with E-state index in [-0.39, 0.29) is 5.75 Å². The van der Waals surface area contributed by atoms with Crippen LogP contribution in [0.5, 0.6) is 11.5 Å². The van der Waals surface area contributed by atoms with Crippen LogP contribution in [0.1, 0.15) is 6.92 Å². The van der Waals surface area contributed by atoms with Crippen molar-refractivity contribution in [1.82, 2.24) is 0 Å². The monoisotopic (exact) mass is 272 g/mol. The molecule has 0 aliphatic carbocycles. The van der Waals surface area contributed by atoms with E-state index in [0.717, 1.165) is 11.0 Å². The number of rotatable bonds is 4. The molecule has 16 heavy (non-hydrogen) atoms. The highest BCUT2D eigenvalue weighted by molar-refractivity contribution is 8.21. The van der Waals surface area contributed by atoms with Crippen LogP contribution in [0.25, 0.3) is 0 Å². The normalized spacial score (nSPS) is 11.3. The molecule has 0 radical (unpaired) electrons. The molecular formula is C9H8ClF3O2S. The highest BCUT2D eigenvalue weighted by Gasteiger charge is 2.31. The van der Waals surface area contributed by atoms with Crippen LogP contribution in [-0.4, -0.2) is 13.0 Å². The quantitative estimate of drug-likeness (QED) is 0.817. The first kappa shape index (κ1) is 13.3. The SMILES string of the molecule is CCOc1ccc(OC(F)(F)F)cc1SCl. The third-order valence-corrected chi connectivity index (χ3v) is 2.52. The van der Waals surface area contributed by atoms with Crippen LogP contribution in [-0.2, 0) is 0 Å². The van der Waals surface area contributed by atoms with Crippen LogP contribution in [0.4, 0.5) is 13.2 Å². The zero-order valence-corrected chi connectivity index (χ0v) is 9.75. The van der Waals surface area contributed by atoms with Gasteiger partial charge in [-0.05, 0) is 46.8 Å². The first-order chi connectivity index (χ1) is 7.46. The largest absolute Gasteiger partial charge is 0.573 e. The Kier molecular flexibility index (Phi) is 4.61. The van der Waals surface area contributed by atoms with Gasteiger partial charge >= 0.3 is 6.36 Å². The zero-order chi connectivity index (χ0) is 12.2. The third kappa shape index (κ3) is 4.02. The second-order valence-corrected chi connectivity index (χ2v) is 3.72. The minimum absolute atomic E-state index is 0.320. The number of ether oxygens (including phenoxy) is 2. The number of hydrogen-bond donors (Lipinski definition) is 0. The molecule has 0 amide bonds. The molecule has 0 aromatic heterocycles. The molecule has 1 rings (SSSR count). The van der Waals surface area contributed by atoms with Crippen LogP contribution < -0.4 is 9.47 Å². The van der Waals surface area contributed by atoms with Crippen molar-refractivity contribution < 1.29 is 22.6 Å². The molecule has 0 heterocycles. The number of halogens is 4. The van der Waals surface area contributed by atoms with Crippen molar-refractivity contribution in [1.29, 1.82) is 0 Å². The molecule has 0 unspecified atom stereocenters. The molecule has 90 valence electrons. The van der Waals surface area contributed by atoms with E-state index in [4.69, 9.17) is 15.4 Å². The molecule has 0 fully saturated rings. The van der Waals surface area contributed by atoms with E-state index < -0.39 is 6.36 Å². The molecule has 7 heteroatoms. The van der Waals surface area contributed by atoms with Crippen LogP contribution in [0.3, 0.4) is 0 Å². The van der Waals surface area contributed by atoms with E-state index in [1.807, 2.05) is 0 Å². The first-order valence-corrected chi connectivity index (χ1v) is 5.91. The van der Waals surface area contributed by atoms with Gasteiger partial charge in [-0.1, -0.05) is 0 Å². The van der Waals surface area contributed by atoms with Crippen molar-refractivity contribution in [3.63, 3.8) is 0 Å². The fraction of sp³-hybridized carbons (Fsp3) is 0.333. The van der Waals surface area contributed by atoms with Gasteiger partial charge in [0.15, 0.2) is 0 Å². The molecule has 0 spiro atoms. The Hall–Kier alpha value is -0.750. The van der Waals surface area contributed by atoms with E-state index in [0.29, 0.717) is 17.3 Å². The Morgan fingerprint density at radius 3 is 2.56 bits per heavy atom. The molecule has 0 saturated carbocycles. The topological polar surface area (TPSA) is 18.5 Å². The van der Waals surface area contributed by atoms with Crippen LogP contribution in [0.2, 0.25) is 0 Å². The summed E-state index contributed by atoms with van der Waals surface area (Å²) in [6.45, 7) is 2.17. The molecule has 0 aliphatic rings. The Morgan fingerprint density at radius 2 is 2.06 bits per heavy atom. The molecule has 0 aliphatic heterocycles. The van der Waals surface area contributed by atoms with E-state index in [1.165, 1.54) is 18.2 Å². The maximum atomic E-state index is 11.9. The van der Waals surface area contributed by atoms with Crippen molar-refractivity contribution in [3.8, 4) is 11.5 Å². The highest BCUT2D eigenvalue weighted by atomic mass is 35.7. The Bertz CT molecular complexity index is 357. The van der Waals surface area contributed by atoms with Crippen molar-refractivity contribution in [2.45, 2.75) is 18.2 Å². The minimum atomic E-state index is -4.71. The summed E-state index contributed by atoms with van der Waals surface area (Å²) in [5.41, 5.74) is 0. The van der Waals surface area contributed by atoms with Gasteiger partial charge in [0.05, 0.1) is 11.5 Å². The van der Waals surface area contributed by atoms with Gasteiger partial charge in [0.2, 0.25) is 0 Å². The van der Waals surface area contributed by atoms with Crippen LogP contribution in [0.15, 0.2) is 23.1 Å². The summed E-state index contributed by atoms with van der Waals surface area (Å²) in [7, 11) is 6.29. The first-order valence-electron chi connectivity index (χ1n) is 4.27. The molecule has 0 bridgehead atoms. The molecule has 1 aromatic rings.